The van der Waals surface area contributed by atoms with Gasteiger partial charge >= 0.3 is 0 Å². The Balaban J connectivity index is 1.66. The smallest absolute Gasteiger partial charge is 0.0945 e. The minimum Gasteiger partial charge on any atom is -0.389 e. The lowest BCUT2D eigenvalue weighted by molar-refractivity contribution is -0.0137. The van der Waals surface area contributed by atoms with Gasteiger partial charge in [0.2, 0.25) is 0 Å². The first-order valence-corrected chi connectivity index (χ1v) is 7.88. The molecule has 0 radical (unpaired) electrons. The molecule has 2 atom stereocenters. The van der Waals surface area contributed by atoms with Crippen molar-refractivity contribution in [2.45, 2.75) is 25.0 Å². The molecular weight excluding hydrogens is 346 g/mol. The molecule has 1 fully saturated rings. The molecule has 2 rings (SSSR count). The van der Waals surface area contributed by atoms with Crippen LogP contribution >= 0.6 is 27.5 Å². The molecule has 1 saturated heterocycles. The van der Waals surface area contributed by atoms with E-state index in [1.807, 2.05) is 12.1 Å². The molecule has 20 heavy (non-hydrogen) atoms. The van der Waals surface area contributed by atoms with Gasteiger partial charge in [-0.1, -0.05) is 11.6 Å². The van der Waals surface area contributed by atoms with Gasteiger partial charge in [0.05, 0.1) is 25.4 Å². The van der Waals surface area contributed by atoms with Crippen LogP contribution in [0.3, 0.4) is 0 Å². The number of rotatable bonds is 7. The molecule has 4 nitrogen and oxygen atoms in total. The molecule has 1 aliphatic heterocycles. The van der Waals surface area contributed by atoms with Gasteiger partial charge in [0, 0.05) is 28.3 Å². The summed E-state index contributed by atoms with van der Waals surface area (Å²) >= 11 is 9.35. The fraction of sp³-hybridized carbons (Fsp3) is 0.571. The van der Waals surface area contributed by atoms with Crippen molar-refractivity contribution in [2.75, 3.05) is 31.7 Å². The topological polar surface area (TPSA) is 50.7 Å². The third-order valence-corrected chi connectivity index (χ3v) is 4.02. The Bertz CT molecular complexity index is 427. The highest BCUT2D eigenvalue weighted by Crippen LogP contribution is 2.25. The zero-order valence-electron chi connectivity index (χ0n) is 11.1. The van der Waals surface area contributed by atoms with E-state index in [-0.39, 0.29) is 6.10 Å². The predicted molar refractivity (Wildman–Crippen MR) is 83.4 cm³/mol. The first-order chi connectivity index (χ1) is 9.65. The fourth-order valence-electron chi connectivity index (χ4n) is 2.03. The van der Waals surface area contributed by atoms with E-state index in [0.29, 0.717) is 24.8 Å². The largest absolute Gasteiger partial charge is 0.389 e. The third kappa shape index (κ3) is 5.22. The van der Waals surface area contributed by atoms with E-state index in [9.17, 15) is 5.11 Å². The molecule has 1 aromatic carbocycles. The van der Waals surface area contributed by atoms with E-state index in [4.69, 9.17) is 21.1 Å². The van der Waals surface area contributed by atoms with Gasteiger partial charge in [-0.3, -0.25) is 0 Å². The average Bonchev–Trinajstić information content (AvgIpc) is 2.93. The maximum Gasteiger partial charge on any atom is 0.0945 e. The minimum atomic E-state index is -0.567. The Morgan fingerprint density at radius 3 is 3.15 bits per heavy atom. The first-order valence-electron chi connectivity index (χ1n) is 6.71. The molecule has 0 saturated carbocycles. The molecule has 112 valence electrons. The van der Waals surface area contributed by atoms with Crippen molar-refractivity contribution in [3.8, 4) is 0 Å². The molecule has 0 aliphatic carbocycles. The normalized spacial score (nSPS) is 20.1. The van der Waals surface area contributed by atoms with E-state index in [2.05, 4.69) is 21.2 Å². The molecule has 1 heterocycles. The second kappa shape index (κ2) is 8.20. The summed E-state index contributed by atoms with van der Waals surface area (Å²) in [4.78, 5) is 0. The summed E-state index contributed by atoms with van der Waals surface area (Å²) in [7, 11) is 0. The highest BCUT2D eigenvalue weighted by molar-refractivity contribution is 9.10. The van der Waals surface area contributed by atoms with Gasteiger partial charge in [-0.2, -0.15) is 0 Å². The minimum absolute atomic E-state index is 0.192. The van der Waals surface area contributed by atoms with Crippen LogP contribution in [0.5, 0.6) is 0 Å². The summed E-state index contributed by atoms with van der Waals surface area (Å²) in [5, 5.41) is 13.7. The van der Waals surface area contributed by atoms with E-state index in [1.54, 1.807) is 6.07 Å². The molecule has 0 amide bonds. The van der Waals surface area contributed by atoms with Crippen LogP contribution in [0.2, 0.25) is 5.02 Å². The van der Waals surface area contributed by atoms with Gasteiger partial charge < -0.3 is 19.9 Å². The molecule has 2 N–H and O–H groups in total. The highest BCUT2D eigenvalue weighted by atomic mass is 79.9. The summed E-state index contributed by atoms with van der Waals surface area (Å²) in [6, 6.07) is 5.48. The summed E-state index contributed by atoms with van der Waals surface area (Å²) < 4.78 is 11.8. The van der Waals surface area contributed by atoms with Gasteiger partial charge in [0.15, 0.2) is 0 Å². The van der Waals surface area contributed by atoms with Crippen LogP contribution in [0, 0.1) is 0 Å². The SMILES string of the molecule is OC(CNc1cc(Cl)ccc1Br)COCC1CCCO1. The molecule has 0 aromatic heterocycles. The Morgan fingerprint density at radius 2 is 2.40 bits per heavy atom. The van der Waals surface area contributed by atoms with Gasteiger partial charge in [0.1, 0.15) is 0 Å². The van der Waals surface area contributed by atoms with Crippen molar-refractivity contribution in [1.82, 2.24) is 0 Å². The average molecular weight is 365 g/mol. The zero-order valence-corrected chi connectivity index (χ0v) is 13.5. The Labute approximate surface area is 132 Å². The fourth-order valence-corrected chi connectivity index (χ4v) is 2.59. The van der Waals surface area contributed by atoms with E-state index >= 15 is 0 Å². The van der Waals surface area contributed by atoms with Crippen LogP contribution in [0.25, 0.3) is 0 Å². The molecule has 1 aromatic rings. The van der Waals surface area contributed by atoms with Crippen molar-refractivity contribution in [3.63, 3.8) is 0 Å². The van der Waals surface area contributed by atoms with E-state index in [0.717, 1.165) is 29.6 Å². The number of ether oxygens (including phenoxy) is 2. The molecule has 6 heteroatoms. The van der Waals surface area contributed by atoms with Crippen molar-refractivity contribution in [1.29, 1.82) is 0 Å². The second-order valence-electron chi connectivity index (χ2n) is 4.83. The van der Waals surface area contributed by atoms with Crippen LogP contribution in [-0.4, -0.2) is 43.7 Å². The van der Waals surface area contributed by atoms with Gasteiger partial charge in [-0.25, -0.2) is 0 Å². The highest BCUT2D eigenvalue weighted by Gasteiger charge is 2.16. The third-order valence-electron chi connectivity index (χ3n) is 3.09. The zero-order chi connectivity index (χ0) is 14.4. The number of hydrogen-bond donors (Lipinski definition) is 2. The van der Waals surface area contributed by atoms with Crippen LogP contribution in [0.15, 0.2) is 22.7 Å². The number of nitrogens with one attached hydrogen (secondary N) is 1. The van der Waals surface area contributed by atoms with Gasteiger partial charge in [-0.05, 0) is 47.0 Å². The van der Waals surface area contributed by atoms with Crippen LogP contribution < -0.4 is 5.32 Å². The predicted octanol–water partition coefficient (Wildman–Crippen LogP) is 3.07. The number of benzene rings is 1. The second-order valence-corrected chi connectivity index (χ2v) is 6.12. The Morgan fingerprint density at radius 1 is 1.55 bits per heavy atom. The lowest BCUT2D eigenvalue weighted by Crippen LogP contribution is -2.27. The van der Waals surface area contributed by atoms with Crippen molar-refractivity contribution < 1.29 is 14.6 Å². The van der Waals surface area contributed by atoms with Crippen LogP contribution in [-0.2, 0) is 9.47 Å². The number of anilines is 1. The molecular formula is C14H19BrClNO3. The molecule has 0 bridgehead atoms. The Kier molecular flexibility index (Phi) is 6.58. The summed E-state index contributed by atoms with van der Waals surface area (Å²) in [6.45, 7) is 2.08. The van der Waals surface area contributed by atoms with Crippen LogP contribution in [0.4, 0.5) is 5.69 Å². The summed E-state index contributed by atoms with van der Waals surface area (Å²) in [6.07, 6.45) is 1.77. The van der Waals surface area contributed by atoms with E-state index in [1.165, 1.54) is 0 Å². The quantitative estimate of drug-likeness (QED) is 0.781. The van der Waals surface area contributed by atoms with Gasteiger partial charge in [0.25, 0.3) is 0 Å². The van der Waals surface area contributed by atoms with E-state index < -0.39 is 6.10 Å². The number of halogens is 2. The number of aliphatic hydroxyl groups is 1. The van der Waals surface area contributed by atoms with Gasteiger partial charge in [-0.15, -0.1) is 0 Å². The lowest BCUT2D eigenvalue weighted by atomic mass is 10.2. The molecule has 2 unspecified atom stereocenters. The number of hydrogen-bond acceptors (Lipinski definition) is 4. The molecule has 0 spiro atoms. The lowest BCUT2D eigenvalue weighted by Gasteiger charge is -2.16. The molecule has 1 aliphatic rings. The standard InChI is InChI=1S/C14H19BrClNO3/c15-13-4-3-10(16)6-14(13)17-7-11(18)8-19-9-12-2-1-5-20-12/h3-4,6,11-12,17-18H,1-2,5,7-9H2. The maximum absolute atomic E-state index is 9.87. The first kappa shape index (κ1) is 16.0. The monoisotopic (exact) mass is 363 g/mol. The maximum atomic E-state index is 9.87. The van der Waals surface area contributed by atoms with Crippen LogP contribution in [0.1, 0.15) is 12.8 Å². The number of aliphatic hydroxyl groups excluding tert-OH is 1. The summed E-state index contributed by atoms with van der Waals surface area (Å²) in [5.41, 5.74) is 0.857. The Hall–Kier alpha value is -0.330. The van der Waals surface area contributed by atoms with Crippen molar-refractivity contribution >= 4 is 33.2 Å². The van der Waals surface area contributed by atoms with Crippen molar-refractivity contribution in [2.24, 2.45) is 0 Å². The summed E-state index contributed by atoms with van der Waals surface area (Å²) in [5.74, 6) is 0. The van der Waals surface area contributed by atoms with Crippen molar-refractivity contribution in [3.05, 3.63) is 27.7 Å².